The maximum absolute atomic E-state index is 11.3. The largest absolute Gasteiger partial charge is 0.353 e. The lowest BCUT2D eigenvalue weighted by molar-refractivity contribution is -0.119. The van der Waals surface area contributed by atoms with Crippen LogP contribution in [0.15, 0.2) is 36.5 Å². The molecule has 3 amide bonds. The fraction of sp³-hybridized carbons (Fsp3) is 0.667. The summed E-state index contributed by atoms with van der Waals surface area (Å²) >= 11 is 13.7. The number of rotatable bonds is 12. The van der Waals surface area contributed by atoms with Crippen molar-refractivity contribution in [2.24, 2.45) is 5.41 Å². The van der Waals surface area contributed by atoms with Crippen molar-refractivity contribution < 1.29 is 19.2 Å². The molecule has 0 saturated carbocycles. The maximum atomic E-state index is 11.3. The molecule has 0 fully saturated rings. The van der Waals surface area contributed by atoms with Gasteiger partial charge in [-0.05, 0) is 73.2 Å². The van der Waals surface area contributed by atoms with E-state index in [2.05, 4.69) is 52.7 Å². The average molecular weight is 687 g/mol. The third kappa shape index (κ3) is 51.5. The zero-order chi connectivity index (χ0) is 33.0. The second kappa shape index (κ2) is 29.8. The Morgan fingerprint density at radius 3 is 1.49 bits per heavy atom. The Bertz CT molecular complexity index is 760. The molecule has 240 valence electrons. The van der Waals surface area contributed by atoms with E-state index in [-0.39, 0.29) is 52.9 Å². The minimum atomic E-state index is -0.110. The lowest BCUT2D eigenvalue weighted by atomic mass is 9.90. The van der Waals surface area contributed by atoms with Crippen molar-refractivity contribution in [3.8, 4) is 0 Å². The fourth-order valence-corrected chi connectivity index (χ4v) is 2.66. The molecule has 0 aromatic rings. The van der Waals surface area contributed by atoms with E-state index in [1.165, 1.54) is 12.2 Å². The van der Waals surface area contributed by atoms with Gasteiger partial charge in [0.05, 0.1) is 0 Å². The second-order valence-corrected chi connectivity index (χ2v) is 12.4. The third-order valence-electron chi connectivity index (χ3n) is 3.63. The second-order valence-electron chi connectivity index (χ2n) is 11.2. The summed E-state index contributed by atoms with van der Waals surface area (Å²) in [4.78, 5) is 45.3. The van der Waals surface area contributed by atoms with Gasteiger partial charge in [-0.1, -0.05) is 54.9 Å². The van der Waals surface area contributed by atoms with Gasteiger partial charge in [-0.2, -0.15) is 0 Å². The molecule has 0 heterocycles. The molecule has 0 radical (unpaired) electrons. The number of likely N-dealkylation sites (N-methyl/N-ethyl adjacent to an activating group) is 1. The van der Waals surface area contributed by atoms with Crippen molar-refractivity contribution in [2.45, 2.75) is 86.9 Å². The number of nitrogens with one attached hydrogen (secondary N) is 3. The number of nitrogens with zero attached hydrogens (tertiary/aromatic N) is 1. The monoisotopic (exact) mass is 684 g/mol. The molecule has 0 aromatic heterocycles. The summed E-state index contributed by atoms with van der Waals surface area (Å²) in [6.45, 7) is 18.5. The van der Waals surface area contributed by atoms with Gasteiger partial charge in [-0.15, -0.1) is 23.2 Å². The molecule has 0 aromatic carbocycles. The van der Waals surface area contributed by atoms with Gasteiger partial charge in [-0.3, -0.25) is 19.2 Å². The molecule has 0 aliphatic carbocycles. The predicted octanol–water partition coefficient (Wildman–Crippen LogP) is 5.63. The van der Waals surface area contributed by atoms with E-state index < -0.39 is 0 Å². The van der Waals surface area contributed by atoms with Crippen LogP contribution >= 0.6 is 39.1 Å². The maximum Gasteiger partial charge on any atom is 0.243 e. The Kier molecular flexibility index (Phi) is 33.6. The van der Waals surface area contributed by atoms with Gasteiger partial charge in [0.2, 0.25) is 17.7 Å². The van der Waals surface area contributed by atoms with Crippen LogP contribution in [0.3, 0.4) is 0 Å². The summed E-state index contributed by atoms with van der Waals surface area (Å²) < 4.78 is 0. The van der Waals surface area contributed by atoms with Crippen molar-refractivity contribution >= 4 is 62.6 Å². The van der Waals surface area contributed by atoms with E-state index in [1.807, 2.05) is 66.6 Å². The number of carbonyl (C=O) groups excluding carboxylic acids is 4. The van der Waals surface area contributed by atoms with E-state index in [9.17, 15) is 19.2 Å². The molecule has 3 N–H and O–H groups in total. The molecular formula is C30H55BrCl2N4O4. The number of ketones is 1. The minimum absolute atomic E-state index is 0.0329. The minimum Gasteiger partial charge on any atom is -0.353 e. The number of halogens is 3. The first-order chi connectivity index (χ1) is 18.8. The van der Waals surface area contributed by atoms with Crippen LogP contribution in [-0.4, -0.2) is 84.3 Å². The Labute approximate surface area is 268 Å². The number of amides is 3. The normalized spacial score (nSPS) is 11.2. The highest BCUT2D eigenvalue weighted by Crippen LogP contribution is 2.18. The smallest absolute Gasteiger partial charge is 0.243 e. The van der Waals surface area contributed by atoms with Crippen molar-refractivity contribution in [3.63, 3.8) is 0 Å². The van der Waals surface area contributed by atoms with Gasteiger partial charge in [-0.25, -0.2) is 0 Å². The molecule has 0 atom stereocenters. The Hall–Kier alpha value is -1.68. The molecule has 11 heteroatoms. The number of carbonyl (C=O) groups is 4. The number of hydrogen-bond donors (Lipinski definition) is 3. The number of hydrogen-bond acceptors (Lipinski definition) is 5. The SMILES string of the molecule is CC(C)NC(=O)/C=C/CBr.CC(C)NC(=O)/C=C/CCl.CC(C)NC(=O)CCl.CN(C)C/C=C/C(=O)CC(C)(C)C. The van der Waals surface area contributed by atoms with Gasteiger partial charge >= 0.3 is 0 Å². The Morgan fingerprint density at radius 1 is 0.756 bits per heavy atom. The summed E-state index contributed by atoms with van der Waals surface area (Å²) in [7, 11) is 3.97. The van der Waals surface area contributed by atoms with Crippen LogP contribution in [0, 0.1) is 5.41 Å². The van der Waals surface area contributed by atoms with E-state index >= 15 is 0 Å². The summed E-state index contributed by atoms with van der Waals surface area (Å²) in [6, 6.07) is 0.598. The van der Waals surface area contributed by atoms with Gasteiger partial charge in [0, 0.05) is 48.4 Å². The summed E-state index contributed by atoms with van der Waals surface area (Å²) in [5, 5.41) is 8.77. The Morgan fingerprint density at radius 2 is 1.20 bits per heavy atom. The standard InChI is InChI=1S/C11H21NO.C7H12BrNO.C7H12ClNO.C5H10ClNO/c1-11(2,3)9-10(13)7-6-8-12(4)5;2*1-6(2)9-7(10)4-3-5-8;1-4(2)7-5(8)3-6/h6-7H,8-9H2,1-5H3;2*3-4,6H,5H2,1-2H3,(H,9,10);4H,3H2,1-2H3,(H,7,8)/b7-6+;2*4-3+;. The molecule has 0 aliphatic rings. The highest BCUT2D eigenvalue weighted by molar-refractivity contribution is 9.09. The molecule has 0 unspecified atom stereocenters. The van der Waals surface area contributed by atoms with Gasteiger partial charge in [0.25, 0.3) is 0 Å². The number of alkyl halides is 3. The lowest BCUT2D eigenvalue weighted by Gasteiger charge is -2.15. The van der Waals surface area contributed by atoms with Gasteiger partial charge in [0.1, 0.15) is 5.88 Å². The topological polar surface area (TPSA) is 108 Å². The molecule has 0 saturated heterocycles. The molecule has 8 nitrogen and oxygen atoms in total. The van der Waals surface area contributed by atoms with Gasteiger partial charge < -0.3 is 20.9 Å². The first-order valence-corrected chi connectivity index (χ1v) is 15.8. The van der Waals surface area contributed by atoms with E-state index in [1.54, 1.807) is 18.2 Å². The molecule has 0 rings (SSSR count). The zero-order valence-electron chi connectivity index (χ0n) is 26.9. The van der Waals surface area contributed by atoms with Crippen LogP contribution in [-0.2, 0) is 19.2 Å². The average Bonchev–Trinajstić information content (AvgIpc) is 2.80. The fourth-order valence-electron chi connectivity index (χ4n) is 2.31. The predicted molar refractivity (Wildman–Crippen MR) is 180 cm³/mol. The summed E-state index contributed by atoms with van der Waals surface area (Å²) in [5.41, 5.74) is 0.0968. The van der Waals surface area contributed by atoms with Crippen LogP contribution in [0.2, 0.25) is 0 Å². The van der Waals surface area contributed by atoms with Crippen LogP contribution in [0.25, 0.3) is 0 Å². The van der Waals surface area contributed by atoms with Crippen molar-refractivity contribution in [3.05, 3.63) is 36.5 Å². The molecule has 0 spiro atoms. The van der Waals surface area contributed by atoms with E-state index in [0.29, 0.717) is 12.3 Å². The van der Waals surface area contributed by atoms with E-state index in [4.69, 9.17) is 23.2 Å². The van der Waals surface area contributed by atoms with Crippen LogP contribution < -0.4 is 16.0 Å². The third-order valence-corrected chi connectivity index (χ3v) is 4.42. The van der Waals surface area contributed by atoms with Crippen LogP contribution in [0.5, 0.6) is 0 Å². The highest BCUT2D eigenvalue weighted by Gasteiger charge is 2.13. The zero-order valence-corrected chi connectivity index (χ0v) is 30.0. The van der Waals surface area contributed by atoms with Gasteiger partial charge in [0.15, 0.2) is 5.78 Å². The summed E-state index contributed by atoms with van der Waals surface area (Å²) in [6.07, 6.45) is 10.6. The summed E-state index contributed by atoms with van der Waals surface area (Å²) in [5.74, 6) is 0.421. The van der Waals surface area contributed by atoms with Crippen molar-refractivity contribution in [2.75, 3.05) is 37.7 Å². The van der Waals surface area contributed by atoms with Crippen LogP contribution in [0.4, 0.5) is 0 Å². The van der Waals surface area contributed by atoms with E-state index in [0.717, 1.165) is 11.9 Å². The lowest BCUT2D eigenvalue weighted by Crippen LogP contribution is -2.30. The molecule has 0 aliphatic heterocycles. The number of allylic oxidation sites excluding steroid dienone is 3. The van der Waals surface area contributed by atoms with Crippen molar-refractivity contribution in [1.82, 2.24) is 20.9 Å². The van der Waals surface area contributed by atoms with Crippen LogP contribution in [0.1, 0.15) is 68.7 Å². The molecular weight excluding hydrogens is 631 g/mol. The Balaban J connectivity index is -0.000000226. The first-order valence-electron chi connectivity index (χ1n) is 13.6. The molecule has 0 bridgehead atoms. The first kappa shape index (κ1) is 46.3. The quantitative estimate of drug-likeness (QED) is 0.182. The molecule has 41 heavy (non-hydrogen) atoms. The van der Waals surface area contributed by atoms with Crippen molar-refractivity contribution in [1.29, 1.82) is 0 Å². The highest BCUT2D eigenvalue weighted by atomic mass is 79.9.